The van der Waals surface area contributed by atoms with Gasteiger partial charge in [0, 0.05) is 13.1 Å². The molecule has 5 nitrogen and oxygen atoms in total. The minimum absolute atomic E-state index is 0.239. The van der Waals surface area contributed by atoms with Crippen LogP contribution >= 0.6 is 0 Å². The van der Waals surface area contributed by atoms with Crippen molar-refractivity contribution in [1.29, 1.82) is 0 Å². The standard InChI is InChI=1S/C10H16FN5/c1-6-4-16(5-7(6)2)9-8(11)3-13-10(14-9)15-12/h3,6-7H,4-5,12H2,1-2H3,(H,13,14,15). The predicted molar refractivity (Wildman–Crippen MR) is 60.3 cm³/mol. The number of hydrogen-bond acceptors (Lipinski definition) is 5. The van der Waals surface area contributed by atoms with Gasteiger partial charge in [-0.3, -0.25) is 5.43 Å². The van der Waals surface area contributed by atoms with E-state index in [0.717, 1.165) is 19.3 Å². The maximum Gasteiger partial charge on any atom is 0.239 e. The zero-order valence-electron chi connectivity index (χ0n) is 9.44. The van der Waals surface area contributed by atoms with E-state index in [4.69, 9.17) is 5.84 Å². The van der Waals surface area contributed by atoms with E-state index >= 15 is 0 Å². The molecule has 88 valence electrons. The van der Waals surface area contributed by atoms with Crippen LogP contribution in [0.4, 0.5) is 16.2 Å². The van der Waals surface area contributed by atoms with Crippen molar-refractivity contribution in [2.24, 2.45) is 17.7 Å². The summed E-state index contributed by atoms with van der Waals surface area (Å²) in [5, 5.41) is 0. The van der Waals surface area contributed by atoms with Gasteiger partial charge in [0.1, 0.15) is 0 Å². The maximum absolute atomic E-state index is 13.6. The van der Waals surface area contributed by atoms with Gasteiger partial charge in [-0.1, -0.05) is 13.8 Å². The number of hydrogen-bond donors (Lipinski definition) is 2. The molecule has 1 aliphatic rings. The number of aromatic nitrogens is 2. The molecule has 1 fully saturated rings. The van der Waals surface area contributed by atoms with E-state index < -0.39 is 5.82 Å². The summed E-state index contributed by atoms with van der Waals surface area (Å²) in [6.45, 7) is 5.95. The Bertz CT molecular complexity index is 373. The number of anilines is 2. The summed E-state index contributed by atoms with van der Waals surface area (Å²) in [6.07, 6.45) is 1.14. The molecule has 0 radical (unpaired) electrons. The number of hydrazine groups is 1. The van der Waals surface area contributed by atoms with E-state index in [1.54, 1.807) is 0 Å². The number of nitrogens with one attached hydrogen (secondary N) is 1. The zero-order chi connectivity index (χ0) is 11.7. The Labute approximate surface area is 93.8 Å². The Morgan fingerprint density at radius 2 is 2.06 bits per heavy atom. The third kappa shape index (κ3) is 1.92. The Hall–Kier alpha value is -1.43. The van der Waals surface area contributed by atoms with Crippen LogP contribution < -0.4 is 16.2 Å². The van der Waals surface area contributed by atoms with Gasteiger partial charge in [0.15, 0.2) is 11.6 Å². The van der Waals surface area contributed by atoms with Crippen LogP contribution in [-0.4, -0.2) is 23.1 Å². The molecule has 0 spiro atoms. The Balaban J connectivity index is 2.26. The van der Waals surface area contributed by atoms with Gasteiger partial charge in [0.05, 0.1) is 6.20 Å². The Morgan fingerprint density at radius 1 is 1.44 bits per heavy atom. The quantitative estimate of drug-likeness (QED) is 0.580. The lowest BCUT2D eigenvalue weighted by Gasteiger charge is -2.17. The molecule has 16 heavy (non-hydrogen) atoms. The van der Waals surface area contributed by atoms with Crippen molar-refractivity contribution in [3.8, 4) is 0 Å². The van der Waals surface area contributed by atoms with Crippen LogP contribution in [0.1, 0.15) is 13.8 Å². The normalized spacial score (nSPS) is 24.9. The van der Waals surface area contributed by atoms with E-state index in [-0.39, 0.29) is 5.95 Å². The fourth-order valence-corrected chi connectivity index (χ4v) is 1.95. The maximum atomic E-state index is 13.6. The van der Waals surface area contributed by atoms with Crippen molar-refractivity contribution in [1.82, 2.24) is 9.97 Å². The summed E-state index contributed by atoms with van der Waals surface area (Å²) >= 11 is 0. The highest BCUT2D eigenvalue weighted by Crippen LogP contribution is 2.28. The first-order valence-electron chi connectivity index (χ1n) is 5.36. The molecule has 1 saturated heterocycles. The molecule has 1 aromatic rings. The van der Waals surface area contributed by atoms with Gasteiger partial charge in [-0.05, 0) is 11.8 Å². The van der Waals surface area contributed by atoms with Gasteiger partial charge in [-0.15, -0.1) is 0 Å². The largest absolute Gasteiger partial charge is 0.353 e. The molecular weight excluding hydrogens is 209 g/mol. The average molecular weight is 225 g/mol. The summed E-state index contributed by atoms with van der Waals surface area (Å²) in [5.41, 5.74) is 2.32. The molecule has 0 aliphatic carbocycles. The van der Waals surface area contributed by atoms with Gasteiger partial charge in [-0.25, -0.2) is 15.2 Å². The number of halogens is 1. The highest BCUT2D eigenvalue weighted by atomic mass is 19.1. The van der Waals surface area contributed by atoms with Crippen LogP contribution in [0, 0.1) is 17.7 Å². The van der Waals surface area contributed by atoms with Crippen molar-refractivity contribution in [2.45, 2.75) is 13.8 Å². The fourth-order valence-electron chi connectivity index (χ4n) is 1.95. The smallest absolute Gasteiger partial charge is 0.239 e. The zero-order valence-corrected chi connectivity index (χ0v) is 9.44. The van der Waals surface area contributed by atoms with E-state index in [2.05, 4.69) is 29.2 Å². The molecule has 0 bridgehead atoms. The van der Waals surface area contributed by atoms with Crippen LogP contribution in [0.3, 0.4) is 0 Å². The van der Waals surface area contributed by atoms with Crippen LogP contribution in [0.2, 0.25) is 0 Å². The van der Waals surface area contributed by atoms with Gasteiger partial charge in [0.25, 0.3) is 0 Å². The van der Waals surface area contributed by atoms with E-state index in [1.165, 1.54) is 0 Å². The minimum atomic E-state index is -0.402. The third-order valence-corrected chi connectivity index (χ3v) is 3.14. The topological polar surface area (TPSA) is 67.1 Å². The van der Waals surface area contributed by atoms with Crippen LogP contribution in [-0.2, 0) is 0 Å². The van der Waals surface area contributed by atoms with Crippen LogP contribution in [0.5, 0.6) is 0 Å². The molecule has 0 saturated carbocycles. The van der Waals surface area contributed by atoms with Crippen LogP contribution in [0.25, 0.3) is 0 Å². The molecule has 6 heteroatoms. The SMILES string of the molecule is CC1CN(c2nc(NN)ncc2F)CC1C. The van der Waals surface area contributed by atoms with Crippen LogP contribution in [0.15, 0.2) is 6.20 Å². The summed E-state index contributed by atoms with van der Waals surface area (Å²) in [6, 6.07) is 0. The number of rotatable bonds is 2. The number of nitrogens with two attached hydrogens (primary N) is 1. The molecule has 1 aliphatic heterocycles. The lowest BCUT2D eigenvalue weighted by molar-refractivity contribution is 0.494. The highest BCUT2D eigenvalue weighted by Gasteiger charge is 2.28. The molecule has 1 aromatic heterocycles. The Morgan fingerprint density at radius 3 is 2.62 bits per heavy atom. The first kappa shape index (κ1) is 11.1. The number of nitrogen functional groups attached to an aromatic ring is 1. The lowest BCUT2D eigenvalue weighted by atomic mass is 10.0. The summed E-state index contributed by atoms with van der Waals surface area (Å²) in [4.78, 5) is 9.70. The monoisotopic (exact) mass is 225 g/mol. The third-order valence-electron chi connectivity index (χ3n) is 3.14. The molecule has 2 atom stereocenters. The predicted octanol–water partition coefficient (Wildman–Crippen LogP) is 0.993. The molecule has 3 N–H and O–H groups in total. The average Bonchev–Trinajstić information content (AvgIpc) is 2.60. The van der Waals surface area contributed by atoms with Gasteiger partial charge < -0.3 is 4.90 Å². The van der Waals surface area contributed by atoms with Gasteiger partial charge >= 0.3 is 0 Å². The van der Waals surface area contributed by atoms with Gasteiger partial charge in [0.2, 0.25) is 5.95 Å². The number of nitrogens with zero attached hydrogens (tertiary/aromatic N) is 3. The summed E-state index contributed by atoms with van der Waals surface area (Å²) in [7, 11) is 0. The van der Waals surface area contributed by atoms with Gasteiger partial charge in [-0.2, -0.15) is 4.98 Å². The molecular formula is C10H16FN5. The van der Waals surface area contributed by atoms with E-state index in [0.29, 0.717) is 17.7 Å². The van der Waals surface area contributed by atoms with E-state index in [9.17, 15) is 4.39 Å². The fraction of sp³-hybridized carbons (Fsp3) is 0.600. The molecule has 2 heterocycles. The summed E-state index contributed by atoms with van der Waals surface area (Å²) in [5.74, 6) is 6.47. The van der Waals surface area contributed by atoms with Crippen molar-refractivity contribution in [2.75, 3.05) is 23.4 Å². The molecule has 0 amide bonds. The second-order valence-corrected chi connectivity index (χ2v) is 4.37. The summed E-state index contributed by atoms with van der Waals surface area (Å²) < 4.78 is 13.6. The second kappa shape index (κ2) is 4.21. The molecule has 2 unspecified atom stereocenters. The first-order valence-corrected chi connectivity index (χ1v) is 5.36. The van der Waals surface area contributed by atoms with Crippen molar-refractivity contribution in [3.05, 3.63) is 12.0 Å². The molecule has 0 aromatic carbocycles. The van der Waals surface area contributed by atoms with Crippen molar-refractivity contribution in [3.63, 3.8) is 0 Å². The Kier molecular flexibility index (Phi) is 2.91. The van der Waals surface area contributed by atoms with Crippen molar-refractivity contribution < 1.29 is 4.39 Å². The lowest BCUT2D eigenvalue weighted by Crippen LogP contribution is -2.23. The molecule has 2 rings (SSSR count). The second-order valence-electron chi connectivity index (χ2n) is 4.37. The van der Waals surface area contributed by atoms with Crippen molar-refractivity contribution >= 4 is 11.8 Å². The minimum Gasteiger partial charge on any atom is -0.353 e. The highest BCUT2D eigenvalue weighted by molar-refractivity contribution is 5.44. The van der Waals surface area contributed by atoms with E-state index in [1.807, 2.05) is 4.90 Å². The first-order chi connectivity index (χ1) is 7.61.